The Hall–Kier alpha value is -3.95. The summed E-state index contributed by atoms with van der Waals surface area (Å²) in [6.45, 7) is 0.389. The number of fused-ring (bicyclic) bond motifs is 2. The molecule has 2 amide bonds. The van der Waals surface area contributed by atoms with Gasteiger partial charge in [-0.2, -0.15) is 0 Å². The second-order valence-corrected chi connectivity index (χ2v) is 8.78. The molecule has 0 aliphatic carbocycles. The van der Waals surface area contributed by atoms with Crippen molar-refractivity contribution in [1.82, 2.24) is 9.55 Å². The van der Waals surface area contributed by atoms with Crippen molar-refractivity contribution >= 4 is 34.4 Å². The molecule has 35 heavy (non-hydrogen) atoms. The number of carbonyl (C=O) groups is 2. The second-order valence-electron chi connectivity index (χ2n) is 8.78. The monoisotopic (exact) mass is 480 g/mol. The van der Waals surface area contributed by atoms with E-state index in [0.717, 1.165) is 19.3 Å². The average Bonchev–Trinajstić information content (AvgIpc) is 3.22. The Labute approximate surface area is 200 Å². The molecule has 9 nitrogen and oxygen atoms in total. The van der Waals surface area contributed by atoms with E-state index in [1.54, 1.807) is 36.2 Å². The number of pyridine rings is 2. The number of amides is 2. The van der Waals surface area contributed by atoms with Gasteiger partial charge in [0, 0.05) is 24.4 Å². The summed E-state index contributed by atoms with van der Waals surface area (Å²) in [6, 6.07) is 8.24. The number of cyclic esters (lactones) is 1. The summed E-state index contributed by atoms with van der Waals surface area (Å²) in [7, 11) is 1.62. The molecule has 1 fully saturated rings. The lowest BCUT2D eigenvalue weighted by Crippen LogP contribution is -2.27. The number of halogens is 1. The number of nitrogens with zero attached hydrogens (tertiary/aromatic N) is 3. The zero-order valence-corrected chi connectivity index (χ0v) is 19.3. The summed E-state index contributed by atoms with van der Waals surface area (Å²) < 4.78 is 26.8. The van der Waals surface area contributed by atoms with Crippen molar-refractivity contribution in [1.29, 1.82) is 0 Å². The fourth-order valence-corrected chi connectivity index (χ4v) is 4.61. The van der Waals surface area contributed by atoms with Crippen LogP contribution < -0.4 is 20.5 Å². The summed E-state index contributed by atoms with van der Waals surface area (Å²) in [6.07, 6.45) is 4.06. The molecule has 0 radical (unpaired) electrons. The molecule has 2 aromatic heterocycles. The van der Waals surface area contributed by atoms with E-state index >= 15 is 0 Å². The van der Waals surface area contributed by atoms with E-state index in [1.165, 1.54) is 16.8 Å². The molecule has 182 valence electrons. The first kappa shape index (κ1) is 22.8. The summed E-state index contributed by atoms with van der Waals surface area (Å²) in [5.74, 6) is -0.0833. The molecule has 1 N–H and O–H groups in total. The Morgan fingerprint density at radius 1 is 1.14 bits per heavy atom. The Bertz CT molecular complexity index is 1370. The van der Waals surface area contributed by atoms with Gasteiger partial charge in [0.25, 0.3) is 11.5 Å². The second kappa shape index (κ2) is 9.36. The van der Waals surface area contributed by atoms with Crippen LogP contribution in [0.5, 0.6) is 5.75 Å². The topological polar surface area (TPSA) is 103 Å². The number of aryl methyl sites for hydroxylation is 2. The average molecular weight is 480 g/mol. The van der Waals surface area contributed by atoms with Crippen molar-refractivity contribution < 1.29 is 23.5 Å². The minimum atomic E-state index is -0.427. The predicted molar refractivity (Wildman–Crippen MR) is 127 cm³/mol. The van der Waals surface area contributed by atoms with Crippen LogP contribution in [0.3, 0.4) is 0 Å². The largest absolute Gasteiger partial charge is 0.482 e. The van der Waals surface area contributed by atoms with Crippen molar-refractivity contribution in [3.8, 4) is 5.75 Å². The third-order valence-electron chi connectivity index (χ3n) is 6.42. The molecular formula is C25H25FN4O5. The number of ether oxygens (including phenoxy) is 2. The van der Waals surface area contributed by atoms with Crippen molar-refractivity contribution in [2.75, 3.05) is 23.4 Å². The van der Waals surface area contributed by atoms with Gasteiger partial charge in [0.05, 0.1) is 29.5 Å². The zero-order chi connectivity index (χ0) is 24.5. The lowest BCUT2D eigenvalue weighted by molar-refractivity contribution is -0.118. The molecule has 1 aromatic carbocycles. The van der Waals surface area contributed by atoms with Gasteiger partial charge in [-0.3, -0.25) is 19.5 Å². The van der Waals surface area contributed by atoms with E-state index in [4.69, 9.17) is 9.47 Å². The van der Waals surface area contributed by atoms with E-state index in [-0.39, 0.29) is 24.2 Å². The normalized spacial score (nSPS) is 17.2. The van der Waals surface area contributed by atoms with Gasteiger partial charge < -0.3 is 19.4 Å². The number of rotatable bonds is 7. The molecule has 0 unspecified atom stereocenters. The van der Waals surface area contributed by atoms with Gasteiger partial charge >= 0.3 is 6.09 Å². The van der Waals surface area contributed by atoms with Gasteiger partial charge in [-0.1, -0.05) is 6.42 Å². The first-order chi connectivity index (χ1) is 16.9. The third kappa shape index (κ3) is 4.55. The fourth-order valence-electron chi connectivity index (χ4n) is 4.61. The summed E-state index contributed by atoms with van der Waals surface area (Å²) in [4.78, 5) is 41.6. The lowest BCUT2D eigenvalue weighted by atomic mass is 10.0. The van der Waals surface area contributed by atoms with Crippen molar-refractivity contribution in [2.24, 2.45) is 7.05 Å². The maximum Gasteiger partial charge on any atom is 0.414 e. The maximum absolute atomic E-state index is 14.5. The standard InChI is InChI=1S/C25H25FN4O5/c1-29-23(32)10-8-19-24(29)17(18(26)12-27-19)6-4-2-3-5-16-13-30(25(33)35-16)15-7-9-21-20(11-15)28-22(31)14-34-21/h7-12,16H,2-6,13-14H2,1H3,(H,28,31)/t16-/m1/s1. The molecule has 1 saturated heterocycles. The highest BCUT2D eigenvalue weighted by Crippen LogP contribution is 2.34. The Balaban J connectivity index is 1.15. The van der Waals surface area contributed by atoms with E-state index < -0.39 is 11.9 Å². The molecular weight excluding hydrogens is 455 g/mol. The number of aromatic nitrogens is 2. The number of benzene rings is 1. The molecule has 0 spiro atoms. The molecule has 4 heterocycles. The molecule has 2 aliphatic rings. The third-order valence-corrected chi connectivity index (χ3v) is 6.42. The van der Waals surface area contributed by atoms with Crippen LogP contribution in [0.4, 0.5) is 20.6 Å². The number of carbonyl (C=O) groups excluding carboxylic acids is 2. The number of unbranched alkanes of at least 4 members (excludes halogenated alkanes) is 2. The smallest absolute Gasteiger partial charge is 0.414 e. The Morgan fingerprint density at radius 2 is 2.00 bits per heavy atom. The van der Waals surface area contributed by atoms with Crippen LogP contribution in [0.2, 0.25) is 0 Å². The van der Waals surface area contributed by atoms with E-state index in [0.29, 0.717) is 53.1 Å². The van der Waals surface area contributed by atoms with Gasteiger partial charge in [0.2, 0.25) is 0 Å². The zero-order valence-electron chi connectivity index (χ0n) is 19.3. The number of nitrogens with one attached hydrogen (secondary N) is 1. The van der Waals surface area contributed by atoms with Crippen molar-refractivity contribution in [3.63, 3.8) is 0 Å². The van der Waals surface area contributed by atoms with Crippen LogP contribution in [0.1, 0.15) is 31.2 Å². The molecule has 0 bridgehead atoms. The molecule has 2 aliphatic heterocycles. The fraction of sp³-hybridized carbons (Fsp3) is 0.360. The van der Waals surface area contributed by atoms with Crippen LogP contribution in [0.15, 0.2) is 41.3 Å². The van der Waals surface area contributed by atoms with Crippen LogP contribution in [0, 0.1) is 5.82 Å². The van der Waals surface area contributed by atoms with Crippen LogP contribution in [-0.2, 0) is 23.0 Å². The SMILES string of the molecule is Cn1c(=O)ccc2ncc(F)c(CCCCC[C@@H]3CN(c4ccc5c(c4)NC(=O)CO5)C(=O)O3)c21. The Morgan fingerprint density at radius 3 is 2.86 bits per heavy atom. The quantitative estimate of drug-likeness (QED) is 0.519. The molecule has 10 heteroatoms. The molecule has 5 rings (SSSR count). The van der Waals surface area contributed by atoms with Gasteiger partial charge in [0.1, 0.15) is 17.7 Å². The van der Waals surface area contributed by atoms with E-state index in [1.807, 2.05) is 0 Å². The van der Waals surface area contributed by atoms with Crippen LogP contribution in [-0.4, -0.2) is 40.8 Å². The summed E-state index contributed by atoms with van der Waals surface area (Å²) in [5.41, 5.74) is 2.58. The molecule has 3 aromatic rings. The van der Waals surface area contributed by atoms with Crippen LogP contribution in [0.25, 0.3) is 11.0 Å². The lowest BCUT2D eigenvalue weighted by Gasteiger charge is -2.20. The highest BCUT2D eigenvalue weighted by Gasteiger charge is 2.32. The predicted octanol–water partition coefficient (Wildman–Crippen LogP) is 3.53. The first-order valence-electron chi connectivity index (χ1n) is 11.6. The van der Waals surface area contributed by atoms with Gasteiger partial charge in [-0.05, 0) is 49.9 Å². The Kier molecular flexibility index (Phi) is 6.10. The minimum Gasteiger partial charge on any atom is -0.482 e. The highest BCUT2D eigenvalue weighted by molar-refractivity contribution is 5.97. The molecule has 1 atom stereocenters. The van der Waals surface area contributed by atoms with Gasteiger partial charge in [-0.15, -0.1) is 0 Å². The first-order valence-corrected chi connectivity index (χ1v) is 11.6. The number of anilines is 2. The van der Waals surface area contributed by atoms with Gasteiger partial charge in [-0.25, -0.2) is 9.18 Å². The van der Waals surface area contributed by atoms with E-state index in [9.17, 15) is 18.8 Å². The molecule has 0 saturated carbocycles. The van der Waals surface area contributed by atoms with Crippen LogP contribution >= 0.6 is 0 Å². The summed E-state index contributed by atoms with van der Waals surface area (Å²) >= 11 is 0. The number of hydrogen-bond donors (Lipinski definition) is 1. The maximum atomic E-state index is 14.5. The number of hydrogen-bond acceptors (Lipinski definition) is 6. The summed E-state index contributed by atoms with van der Waals surface area (Å²) in [5, 5.41) is 2.74. The highest BCUT2D eigenvalue weighted by atomic mass is 19.1. The van der Waals surface area contributed by atoms with E-state index in [2.05, 4.69) is 10.3 Å². The van der Waals surface area contributed by atoms with Crippen molar-refractivity contribution in [2.45, 2.75) is 38.2 Å². The minimum absolute atomic E-state index is 0.0255. The van der Waals surface area contributed by atoms with Crippen molar-refractivity contribution in [3.05, 3.63) is 58.3 Å². The van der Waals surface area contributed by atoms with Gasteiger partial charge in [0.15, 0.2) is 6.61 Å².